The van der Waals surface area contributed by atoms with Gasteiger partial charge < -0.3 is 10.1 Å². The van der Waals surface area contributed by atoms with E-state index in [4.69, 9.17) is 22.3 Å². The molecule has 2 N–H and O–H groups in total. The predicted molar refractivity (Wildman–Crippen MR) is 87.6 cm³/mol. The number of imidazole rings is 1. The number of hydrogen-bond donors (Lipinski definition) is 1. The van der Waals surface area contributed by atoms with Gasteiger partial charge in [0.25, 0.3) is 0 Å². The average molecular weight is 300 g/mol. The minimum absolute atomic E-state index is 0.419. The average Bonchev–Trinajstić information content (AvgIpc) is 2.85. The quantitative estimate of drug-likeness (QED) is 0.786. The van der Waals surface area contributed by atoms with E-state index in [0.717, 1.165) is 22.6 Å². The molecule has 2 heterocycles. The highest BCUT2D eigenvalue weighted by Gasteiger charge is 2.13. The highest BCUT2D eigenvalue weighted by atomic mass is 35.5. The Morgan fingerprint density at radius 2 is 1.86 bits per heavy atom. The van der Waals surface area contributed by atoms with Crippen molar-refractivity contribution in [3.8, 4) is 11.3 Å². The minimum Gasteiger partial charge on any atom is -0.325 e. The summed E-state index contributed by atoms with van der Waals surface area (Å²) in [4.78, 5) is 4.69. The maximum absolute atomic E-state index is 6.07. The Morgan fingerprint density at radius 3 is 2.48 bits per heavy atom. The van der Waals surface area contributed by atoms with Gasteiger partial charge >= 0.3 is 0 Å². The molecule has 2 aromatic heterocycles. The van der Waals surface area contributed by atoms with Crippen molar-refractivity contribution in [2.75, 3.05) is 0 Å². The summed E-state index contributed by atoms with van der Waals surface area (Å²) >= 11 is 6.07. The molecule has 3 aromatic rings. The van der Waals surface area contributed by atoms with Gasteiger partial charge in [-0.3, -0.25) is 0 Å². The van der Waals surface area contributed by atoms with Crippen LogP contribution in [0.4, 0.5) is 0 Å². The van der Waals surface area contributed by atoms with Gasteiger partial charge in [-0.15, -0.1) is 0 Å². The van der Waals surface area contributed by atoms with Crippen LogP contribution >= 0.6 is 11.6 Å². The minimum atomic E-state index is 0.419. The van der Waals surface area contributed by atoms with Crippen LogP contribution < -0.4 is 5.73 Å². The van der Waals surface area contributed by atoms with E-state index in [1.54, 1.807) is 0 Å². The largest absolute Gasteiger partial charge is 0.325 e. The molecule has 1 aromatic carbocycles. The Balaban J connectivity index is 2.15. The number of fused-ring (bicyclic) bond motifs is 1. The van der Waals surface area contributed by atoms with Gasteiger partial charge in [0.05, 0.1) is 16.4 Å². The van der Waals surface area contributed by atoms with Crippen molar-refractivity contribution < 1.29 is 0 Å². The molecule has 0 aliphatic heterocycles. The molecule has 108 valence electrons. The zero-order valence-corrected chi connectivity index (χ0v) is 12.9. The molecule has 0 unspecified atom stereocenters. The molecule has 3 rings (SSSR count). The van der Waals surface area contributed by atoms with Gasteiger partial charge in [-0.1, -0.05) is 49.7 Å². The lowest BCUT2D eigenvalue weighted by molar-refractivity contribution is 0.867. The zero-order valence-electron chi connectivity index (χ0n) is 12.2. The Morgan fingerprint density at radius 1 is 1.14 bits per heavy atom. The van der Waals surface area contributed by atoms with Crippen molar-refractivity contribution in [3.63, 3.8) is 0 Å². The Labute approximate surface area is 129 Å². The maximum Gasteiger partial charge on any atom is 0.137 e. The van der Waals surface area contributed by atoms with Crippen molar-refractivity contribution in [2.45, 2.75) is 26.3 Å². The van der Waals surface area contributed by atoms with Crippen molar-refractivity contribution in [1.82, 2.24) is 9.38 Å². The van der Waals surface area contributed by atoms with Crippen LogP contribution in [-0.2, 0) is 6.54 Å². The van der Waals surface area contributed by atoms with E-state index in [1.807, 2.05) is 22.7 Å². The second kappa shape index (κ2) is 5.51. The van der Waals surface area contributed by atoms with E-state index in [1.165, 1.54) is 5.56 Å². The fraction of sp³-hybridized carbons (Fsp3) is 0.235. The number of hydrogen-bond acceptors (Lipinski definition) is 2. The molecule has 0 radical (unpaired) electrons. The standard InChI is InChI=1S/C17H18ClN3/c1-11(2)12-3-5-13(6-4-12)17-15(9-19)21-10-14(18)7-8-16(21)20-17/h3-8,10-11H,9,19H2,1-2H3. The maximum atomic E-state index is 6.07. The van der Waals surface area contributed by atoms with E-state index in [2.05, 4.69) is 38.1 Å². The summed E-state index contributed by atoms with van der Waals surface area (Å²) in [6.07, 6.45) is 1.86. The van der Waals surface area contributed by atoms with Crippen LogP contribution in [0.5, 0.6) is 0 Å². The van der Waals surface area contributed by atoms with Gasteiger partial charge in [0.2, 0.25) is 0 Å². The van der Waals surface area contributed by atoms with E-state index in [-0.39, 0.29) is 0 Å². The van der Waals surface area contributed by atoms with Crippen LogP contribution in [-0.4, -0.2) is 9.38 Å². The fourth-order valence-electron chi connectivity index (χ4n) is 2.52. The van der Waals surface area contributed by atoms with Crippen LogP contribution in [0.25, 0.3) is 16.9 Å². The predicted octanol–water partition coefficient (Wildman–Crippen LogP) is 4.24. The Kier molecular flexibility index (Phi) is 3.70. The van der Waals surface area contributed by atoms with Crippen LogP contribution in [0.3, 0.4) is 0 Å². The molecule has 0 fully saturated rings. The summed E-state index contributed by atoms with van der Waals surface area (Å²) in [5, 5.41) is 0.677. The molecular formula is C17H18ClN3. The van der Waals surface area contributed by atoms with E-state index >= 15 is 0 Å². The number of rotatable bonds is 3. The summed E-state index contributed by atoms with van der Waals surface area (Å²) in [6.45, 7) is 4.79. The fourth-order valence-corrected chi connectivity index (χ4v) is 2.68. The van der Waals surface area contributed by atoms with Crippen LogP contribution in [0, 0.1) is 0 Å². The van der Waals surface area contributed by atoms with Gasteiger partial charge in [0, 0.05) is 18.3 Å². The lowest BCUT2D eigenvalue weighted by Crippen LogP contribution is -2.02. The normalized spacial score (nSPS) is 11.5. The third-order valence-corrected chi connectivity index (χ3v) is 3.95. The van der Waals surface area contributed by atoms with Crippen molar-refractivity contribution in [2.24, 2.45) is 5.73 Å². The number of halogens is 1. The first-order valence-electron chi connectivity index (χ1n) is 7.07. The lowest BCUT2D eigenvalue weighted by atomic mass is 10.0. The molecule has 0 bridgehead atoms. The van der Waals surface area contributed by atoms with E-state index < -0.39 is 0 Å². The molecule has 0 spiro atoms. The lowest BCUT2D eigenvalue weighted by Gasteiger charge is -2.07. The molecule has 4 heteroatoms. The first-order chi connectivity index (χ1) is 10.1. The molecule has 0 saturated heterocycles. The van der Waals surface area contributed by atoms with Gasteiger partial charge in [-0.05, 0) is 23.6 Å². The van der Waals surface area contributed by atoms with E-state index in [9.17, 15) is 0 Å². The van der Waals surface area contributed by atoms with Crippen molar-refractivity contribution in [1.29, 1.82) is 0 Å². The highest BCUT2D eigenvalue weighted by Crippen LogP contribution is 2.27. The summed E-state index contributed by atoms with van der Waals surface area (Å²) in [7, 11) is 0. The van der Waals surface area contributed by atoms with Crippen LogP contribution in [0.2, 0.25) is 5.02 Å². The monoisotopic (exact) mass is 299 g/mol. The topological polar surface area (TPSA) is 43.3 Å². The summed E-state index contributed by atoms with van der Waals surface area (Å²) in [6, 6.07) is 12.3. The van der Waals surface area contributed by atoms with Gasteiger partial charge in [-0.25, -0.2) is 4.98 Å². The van der Waals surface area contributed by atoms with Crippen molar-refractivity contribution in [3.05, 3.63) is 58.9 Å². The van der Waals surface area contributed by atoms with Crippen LogP contribution in [0.1, 0.15) is 31.0 Å². The van der Waals surface area contributed by atoms with Crippen LogP contribution in [0.15, 0.2) is 42.6 Å². The van der Waals surface area contributed by atoms with E-state index in [0.29, 0.717) is 17.5 Å². The number of nitrogens with zero attached hydrogens (tertiary/aromatic N) is 2. The second-order valence-corrected chi connectivity index (χ2v) is 5.90. The SMILES string of the molecule is CC(C)c1ccc(-c2nc3ccc(Cl)cn3c2CN)cc1. The number of benzene rings is 1. The van der Waals surface area contributed by atoms with Gasteiger partial charge in [0.1, 0.15) is 5.65 Å². The number of aromatic nitrogens is 2. The summed E-state index contributed by atoms with van der Waals surface area (Å²) in [5.41, 5.74) is 11.1. The Hall–Kier alpha value is -1.84. The molecule has 21 heavy (non-hydrogen) atoms. The molecular weight excluding hydrogens is 282 g/mol. The summed E-state index contributed by atoms with van der Waals surface area (Å²) in [5.74, 6) is 0.521. The first kappa shape index (κ1) is 14.1. The molecule has 3 nitrogen and oxygen atoms in total. The molecule has 0 aliphatic carbocycles. The Bertz CT molecular complexity index is 773. The third-order valence-electron chi connectivity index (χ3n) is 3.73. The summed E-state index contributed by atoms with van der Waals surface area (Å²) < 4.78 is 1.97. The van der Waals surface area contributed by atoms with Gasteiger partial charge in [0.15, 0.2) is 0 Å². The van der Waals surface area contributed by atoms with Crippen molar-refractivity contribution >= 4 is 17.2 Å². The highest BCUT2D eigenvalue weighted by molar-refractivity contribution is 6.30. The van der Waals surface area contributed by atoms with Gasteiger partial charge in [-0.2, -0.15) is 0 Å². The number of nitrogens with two attached hydrogens (primary N) is 1. The molecule has 0 atom stereocenters. The third kappa shape index (κ3) is 2.55. The second-order valence-electron chi connectivity index (χ2n) is 5.46. The zero-order chi connectivity index (χ0) is 15.0. The molecule has 0 aliphatic rings. The smallest absolute Gasteiger partial charge is 0.137 e. The first-order valence-corrected chi connectivity index (χ1v) is 7.45. The molecule has 0 saturated carbocycles. The molecule has 0 amide bonds. The number of pyridine rings is 1.